The maximum atomic E-state index is 13.5. The van der Waals surface area contributed by atoms with Gasteiger partial charge in [-0.25, -0.2) is 4.39 Å². The standard InChI is InChI=1S/C22H14ClFN2O3/c23-15-7-3-14(4-8-15)20(27)18-19(13-5-9-16(24)10-6-13)26(22(29)21(18)28)17-2-1-11-25-12-17/h1-12,19,27H/b20-18-. The van der Waals surface area contributed by atoms with Crippen molar-refractivity contribution >= 4 is 34.7 Å². The van der Waals surface area contributed by atoms with Gasteiger partial charge in [-0.3, -0.25) is 19.5 Å². The molecule has 1 unspecified atom stereocenters. The minimum atomic E-state index is -0.935. The molecule has 1 aromatic heterocycles. The van der Waals surface area contributed by atoms with E-state index in [1.54, 1.807) is 42.6 Å². The lowest BCUT2D eigenvalue weighted by Gasteiger charge is -2.25. The molecule has 1 aliphatic heterocycles. The molecule has 1 saturated heterocycles. The van der Waals surface area contributed by atoms with E-state index in [1.807, 2.05) is 0 Å². The molecule has 4 rings (SSSR count). The number of halogens is 2. The molecule has 1 aliphatic rings. The van der Waals surface area contributed by atoms with Crippen LogP contribution in [0.1, 0.15) is 17.2 Å². The number of carbonyl (C=O) groups is 2. The molecule has 3 aromatic rings. The highest BCUT2D eigenvalue weighted by Crippen LogP contribution is 2.41. The number of benzene rings is 2. The van der Waals surface area contributed by atoms with Crippen LogP contribution in [0, 0.1) is 5.82 Å². The summed E-state index contributed by atoms with van der Waals surface area (Å²) in [5, 5.41) is 11.4. The molecule has 2 heterocycles. The van der Waals surface area contributed by atoms with E-state index < -0.39 is 23.5 Å². The Morgan fingerprint density at radius 1 is 1.03 bits per heavy atom. The van der Waals surface area contributed by atoms with Crippen molar-refractivity contribution in [3.05, 3.63) is 101 Å². The molecule has 1 N–H and O–H groups in total. The van der Waals surface area contributed by atoms with Crippen LogP contribution in [0.25, 0.3) is 5.76 Å². The van der Waals surface area contributed by atoms with Crippen LogP contribution < -0.4 is 4.90 Å². The lowest BCUT2D eigenvalue weighted by molar-refractivity contribution is -0.132. The van der Waals surface area contributed by atoms with Gasteiger partial charge in [0.25, 0.3) is 11.7 Å². The zero-order valence-corrected chi connectivity index (χ0v) is 15.7. The molecule has 2 aromatic carbocycles. The van der Waals surface area contributed by atoms with Crippen LogP contribution in [-0.4, -0.2) is 21.8 Å². The highest BCUT2D eigenvalue weighted by Gasteiger charge is 2.47. The zero-order valence-electron chi connectivity index (χ0n) is 14.9. The summed E-state index contributed by atoms with van der Waals surface area (Å²) in [4.78, 5) is 31.0. The quantitative estimate of drug-likeness (QED) is 0.393. The molecule has 1 fully saturated rings. The van der Waals surface area contributed by atoms with E-state index in [4.69, 9.17) is 11.6 Å². The second-order valence-electron chi connectivity index (χ2n) is 6.44. The molecule has 29 heavy (non-hydrogen) atoms. The first kappa shape index (κ1) is 18.8. The lowest BCUT2D eigenvalue weighted by atomic mass is 9.95. The summed E-state index contributed by atoms with van der Waals surface area (Å²) in [6, 6.07) is 14.0. The van der Waals surface area contributed by atoms with Crippen molar-refractivity contribution in [1.82, 2.24) is 4.98 Å². The van der Waals surface area contributed by atoms with E-state index in [2.05, 4.69) is 4.98 Å². The van der Waals surface area contributed by atoms with Gasteiger partial charge >= 0.3 is 0 Å². The van der Waals surface area contributed by atoms with Crippen LogP contribution in [-0.2, 0) is 9.59 Å². The smallest absolute Gasteiger partial charge is 0.300 e. The van der Waals surface area contributed by atoms with E-state index in [0.717, 1.165) is 0 Å². The van der Waals surface area contributed by atoms with Gasteiger partial charge < -0.3 is 5.11 Å². The first-order valence-corrected chi connectivity index (χ1v) is 9.07. The van der Waals surface area contributed by atoms with Gasteiger partial charge in [0, 0.05) is 16.8 Å². The van der Waals surface area contributed by atoms with Gasteiger partial charge in [0.05, 0.1) is 23.5 Å². The molecule has 0 spiro atoms. The minimum absolute atomic E-state index is 0.0900. The first-order valence-electron chi connectivity index (χ1n) is 8.70. The monoisotopic (exact) mass is 408 g/mol. The van der Waals surface area contributed by atoms with Crippen molar-refractivity contribution in [2.24, 2.45) is 0 Å². The Hall–Kier alpha value is -3.51. The number of aliphatic hydroxyl groups is 1. The van der Waals surface area contributed by atoms with Crippen LogP contribution in [0.3, 0.4) is 0 Å². The third-order valence-corrected chi connectivity index (χ3v) is 4.92. The number of aliphatic hydroxyl groups excluding tert-OH is 1. The SMILES string of the molecule is O=C1C(=O)N(c2cccnc2)C(c2ccc(F)cc2)/C1=C(/O)c1ccc(Cl)cc1. The lowest BCUT2D eigenvalue weighted by Crippen LogP contribution is -2.29. The number of hydrogen-bond acceptors (Lipinski definition) is 4. The number of anilines is 1. The van der Waals surface area contributed by atoms with Crippen LogP contribution in [0.15, 0.2) is 78.6 Å². The largest absolute Gasteiger partial charge is 0.507 e. The van der Waals surface area contributed by atoms with E-state index in [1.165, 1.54) is 35.4 Å². The second-order valence-corrected chi connectivity index (χ2v) is 6.88. The van der Waals surface area contributed by atoms with Gasteiger partial charge in [-0.1, -0.05) is 23.7 Å². The molecule has 1 atom stereocenters. The van der Waals surface area contributed by atoms with Gasteiger partial charge in [-0.05, 0) is 54.1 Å². The summed E-state index contributed by atoms with van der Waals surface area (Å²) >= 11 is 5.90. The summed E-state index contributed by atoms with van der Waals surface area (Å²) in [6.45, 7) is 0. The Labute approximate surface area is 170 Å². The number of Topliss-reactive ketones (excluding diaryl/α,β-unsaturated/α-hetero) is 1. The fourth-order valence-corrected chi connectivity index (χ4v) is 3.44. The van der Waals surface area contributed by atoms with Crippen molar-refractivity contribution in [3.8, 4) is 0 Å². The topological polar surface area (TPSA) is 70.5 Å². The molecule has 1 amide bonds. The third-order valence-electron chi connectivity index (χ3n) is 4.67. The molecule has 7 heteroatoms. The fourth-order valence-electron chi connectivity index (χ4n) is 3.32. The number of hydrogen-bond donors (Lipinski definition) is 1. The number of aromatic nitrogens is 1. The average molecular weight is 409 g/mol. The zero-order chi connectivity index (χ0) is 20.5. The van der Waals surface area contributed by atoms with Gasteiger partial charge in [0.1, 0.15) is 11.6 Å². The van der Waals surface area contributed by atoms with Crippen LogP contribution in [0.5, 0.6) is 0 Å². The molecular formula is C22H14ClFN2O3. The maximum Gasteiger partial charge on any atom is 0.300 e. The highest BCUT2D eigenvalue weighted by molar-refractivity contribution is 6.51. The minimum Gasteiger partial charge on any atom is -0.507 e. The normalized spacial score (nSPS) is 18.3. The summed E-state index contributed by atoms with van der Waals surface area (Å²) in [7, 11) is 0. The van der Waals surface area contributed by atoms with Crippen molar-refractivity contribution in [2.75, 3.05) is 4.90 Å². The third kappa shape index (κ3) is 3.39. The molecule has 0 aliphatic carbocycles. The van der Waals surface area contributed by atoms with Crippen molar-refractivity contribution in [3.63, 3.8) is 0 Å². The summed E-state index contributed by atoms with van der Waals surface area (Å²) in [5.41, 5.74) is 1.11. The number of rotatable bonds is 3. The number of amides is 1. The van der Waals surface area contributed by atoms with Gasteiger partial charge in [0.15, 0.2) is 0 Å². The van der Waals surface area contributed by atoms with E-state index in [0.29, 0.717) is 21.8 Å². The highest BCUT2D eigenvalue weighted by atomic mass is 35.5. The predicted octanol–water partition coefficient (Wildman–Crippen LogP) is 4.50. The van der Waals surface area contributed by atoms with Gasteiger partial charge in [-0.15, -0.1) is 0 Å². The van der Waals surface area contributed by atoms with E-state index >= 15 is 0 Å². The molecule has 0 bridgehead atoms. The Morgan fingerprint density at radius 2 is 1.72 bits per heavy atom. The number of ketones is 1. The van der Waals surface area contributed by atoms with Crippen LogP contribution in [0.4, 0.5) is 10.1 Å². The van der Waals surface area contributed by atoms with Gasteiger partial charge in [0.2, 0.25) is 0 Å². The number of nitrogens with zero attached hydrogens (tertiary/aromatic N) is 2. The molecule has 0 radical (unpaired) electrons. The molecule has 5 nitrogen and oxygen atoms in total. The maximum absolute atomic E-state index is 13.5. The Kier molecular flexibility index (Phi) is 4.86. The summed E-state index contributed by atoms with van der Waals surface area (Å²) in [6.07, 6.45) is 2.99. The predicted molar refractivity (Wildman–Crippen MR) is 107 cm³/mol. The van der Waals surface area contributed by atoms with Crippen molar-refractivity contribution < 1.29 is 19.1 Å². The number of carbonyl (C=O) groups excluding carboxylic acids is 2. The Balaban J connectivity index is 1.94. The van der Waals surface area contributed by atoms with Gasteiger partial charge in [-0.2, -0.15) is 0 Å². The molecular weight excluding hydrogens is 395 g/mol. The molecule has 0 saturated carbocycles. The Bertz CT molecular complexity index is 1110. The fraction of sp³-hybridized carbons (Fsp3) is 0.0455. The van der Waals surface area contributed by atoms with Crippen LogP contribution in [0.2, 0.25) is 5.02 Å². The number of pyridine rings is 1. The second kappa shape index (κ2) is 7.48. The first-order chi connectivity index (χ1) is 14.0. The average Bonchev–Trinajstić information content (AvgIpc) is 3.00. The summed E-state index contributed by atoms with van der Waals surface area (Å²) < 4.78 is 13.5. The van der Waals surface area contributed by atoms with Crippen molar-refractivity contribution in [1.29, 1.82) is 0 Å². The Morgan fingerprint density at radius 3 is 2.34 bits per heavy atom. The van der Waals surface area contributed by atoms with Crippen LogP contribution >= 0.6 is 11.6 Å². The molecule has 144 valence electrons. The summed E-state index contributed by atoms with van der Waals surface area (Å²) in [5.74, 6) is -2.43. The van der Waals surface area contributed by atoms with Crippen molar-refractivity contribution in [2.45, 2.75) is 6.04 Å². The van der Waals surface area contributed by atoms with E-state index in [9.17, 15) is 19.1 Å². The van der Waals surface area contributed by atoms with E-state index in [-0.39, 0.29) is 11.3 Å².